The molecule has 76 valence electrons. The minimum atomic E-state index is 0.284. The number of anilines is 1. The van der Waals surface area contributed by atoms with Crippen molar-refractivity contribution in [3.63, 3.8) is 0 Å². The highest BCUT2D eigenvalue weighted by Crippen LogP contribution is 2.41. The molecule has 0 aromatic heterocycles. The number of benzene rings is 1. The molecule has 1 aromatic carbocycles. The summed E-state index contributed by atoms with van der Waals surface area (Å²) in [4.78, 5) is 0. The second-order valence-electron chi connectivity index (χ2n) is 4.75. The van der Waals surface area contributed by atoms with Crippen LogP contribution in [0.2, 0.25) is 0 Å². The molecule has 0 fully saturated rings. The zero-order valence-corrected chi connectivity index (χ0v) is 9.30. The van der Waals surface area contributed by atoms with Crippen molar-refractivity contribution in [2.24, 2.45) is 0 Å². The Labute approximate surface area is 86.5 Å². The Kier molecular flexibility index (Phi) is 2.26. The molecule has 0 aliphatic carbocycles. The number of hydrogen-bond donors (Lipinski definition) is 1. The maximum Gasteiger partial charge on any atom is 0.0381 e. The lowest BCUT2D eigenvalue weighted by molar-refractivity contribution is 0.434. The summed E-state index contributed by atoms with van der Waals surface area (Å²) >= 11 is 0. The van der Waals surface area contributed by atoms with E-state index in [2.05, 4.69) is 50.4 Å². The second kappa shape index (κ2) is 3.30. The molecule has 1 unspecified atom stereocenters. The molecule has 0 saturated carbocycles. The van der Waals surface area contributed by atoms with Crippen LogP contribution in [0.3, 0.4) is 0 Å². The molecule has 1 nitrogen and oxygen atoms in total. The molecule has 14 heavy (non-hydrogen) atoms. The third-order valence-corrected chi connectivity index (χ3v) is 3.40. The van der Waals surface area contributed by atoms with Gasteiger partial charge in [0, 0.05) is 17.1 Å². The summed E-state index contributed by atoms with van der Waals surface area (Å²) < 4.78 is 0. The van der Waals surface area contributed by atoms with Crippen molar-refractivity contribution in [2.45, 2.75) is 45.1 Å². The van der Waals surface area contributed by atoms with Crippen LogP contribution in [0.4, 0.5) is 5.69 Å². The minimum absolute atomic E-state index is 0.284. The number of fused-ring (bicyclic) bond motifs is 1. The predicted octanol–water partition coefficient (Wildman–Crippen LogP) is 3.56. The van der Waals surface area contributed by atoms with E-state index in [1.807, 2.05) is 0 Å². The van der Waals surface area contributed by atoms with Gasteiger partial charge < -0.3 is 5.32 Å². The van der Waals surface area contributed by atoms with Crippen LogP contribution in [0.25, 0.3) is 0 Å². The van der Waals surface area contributed by atoms with Crippen LogP contribution in [-0.4, -0.2) is 6.04 Å². The van der Waals surface area contributed by atoms with Crippen LogP contribution in [0.5, 0.6) is 0 Å². The molecule has 1 heterocycles. The van der Waals surface area contributed by atoms with Crippen molar-refractivity contribution in [2.75, 3.05) is 5.32 Å². The summed E-state index contributed by atoms with van der Waals surface area (Å²) in [6.45, 7) is 6.93. The van der Waals surface area contributed by atoms with Gasteiger partial charge in [-0.25, -0.2) is 0 Å². The fraction of sp³-hybridized carbons (Fsp3) is 0.538. The van der Waals surface area contributed by atoms with Crippen molar-refractivity contribution in [3.8, 4) is 0 Å². The van der Waals surface area contributed by atoms with Gasteiger partial charge in [-0.05, 0) is 18.1 Å². The summed E-state index contributed by atoms with van der Waals surface area (Å²) in [6, 6.07) is 9.28. The number of para-hydroxylation sites is 1. The van der Waals surface area contributed by atoms with Gasteiger partial charge in [0.2, 0.25) is 0 Å². The van der Waals surface area contributed by atoms with Crippen LogP contribution in [0.1, 0.15) is 39.2 Å². The molecule has 1 aliphatic heterocycles. The number of nitrogens with one attached hydrogen (secondary N) is 1. The monoisotopic (exact) mass is 189 g/mol. The van der Waals surface area contributed by atoms with E-state index >= 15 is 0 Å². The van der Waals surface area contributed by atoms with E-state index in [-0.39, 0.29) is 5.41 Å². The zero-order chi connectivity index (χ0) is 10.2. The van der Waals surface area contributed by atoms with Gasteiger partial charge in [-0.15, -0.1) is 0 Å². The highest BCUT2D eigenvalue weighted by molar-refractivity contribution is 5.61. The molecule has 0 spiro atoms. The predicted molar refractivity (Wildman–Crippen MR) is 61.8 cm³/mol. The van der Waals surface area contributed by atoms with Crippen molar-refractivity contribution < 1.29 is 0 Å². The van der Waals surface area contributed by atoms with Crippen LogP contribution >= 0.6 is 0 Å². The fourth-order valence-electron chi connectivity index (χ4n) is 2.45. The lowest BCUT2D eigenvalue weighted by Gasteiger charge is -2.27. The van der Waals surface area contributed by atoms with E-state index in [4.69, 9.17) is 0 Å². The second-order valence-corrected chi connectivity index (χ2v) is 4.75. The molecule has 0 bridgehead atoms. The van der Waals surface area contributed by atoms with E-state index < -0.39 is 0 Å². The molecule has 2 rings (SSSR count). The van der Waals surface area contributed by atoms with Gasteiger partial charge in [0.1, 0.15) is 0 Å². The first-order valence-electron chi connectivity index (χ1n) is 5.52. The van der Waals surface area contributed by atoms with Crippen molar-refractivity contribution in [1.82, 2.24) is 0 Å². The zero-order valence-electron chi connectivity index (χ0n) is 9.30. The van der Waals surface area contributed by atoms with Crippen LogP contribution in [0.15, 0.2) is 24.3 Å². The normalized spacial score (nSPS) is 22.9. The Balaban J connectivity index is 2.35. The Bertz CT molecular complexity index is 328. The Hall–Kier alpha value is -0.980. The average Bonchev–Trinajstić information content (AvgIpc) is 2.41. The van der Waals surface area contributed by atoms with E-state index in [1.54, 1.807) is 0 Å². The Morgan fingerprint density at radius 2 is 2.00 bits per heavy atom. The third kappa shape index (κ3) is 1.31. The number of rotatable bonds is 2. The molecular weight excluding hydrogens is 170 g/mol. The molecule has 0 amide bonds. The van der Waals surface area contributed by atoms with Gasteiger partial charge in [0.15, 0.2) is 0 Å². The van der Waals surface area contributed by atoms with Crippen LogP contribution in [0, 0.1) is 0 Å². The lowest BCUT2D eigenvalue weighted by Crippen LogP contribution is -2.32. The molecule has 0 saturated heterocycles. The summed E-state index contributed by atoms with van der Waals surface area (Å²) in [6.07, 6.45) is 2.50. The quantitative estimate of drug-likeness (QED) is 0.750. The third-order valence-electron chi connectivity index (χ3n) is 3.40. The largest absolute Gasteiger partial charge is 0.381 e. The highest BCUT2D eigenvalue weighted by atomic mass is 15.0. The van der Waals surface area contributed by atoms with Crippen LogP contribution < -0.4 is 5.32 Å². The van der Waals surface area contributed by atoms with Gasteiger partial charge in [0.25, 0.3) is 0 Å². The van der Waals surface area contributed by atoms with Crippen LogP contribution in [-0.2, 0) is 5.41 Å². The standard InChI is InChI=1S/C13H19N/c1-4-7-12-13(2,3)10-8-5-6-9-11(10)14-12/h5-6,8-9,12,14H,4,7H2,1-3H3. The molecule has 1 aromatic rings. The maximum absolute atomic E-state index is 3.63. The van der Waals surface area contributed by atoms with Gasteiger partial charge in [-0.3, -0.25) is 0 Å². The van der Waals surface area contributed by atoms with E-state index in [0.717, 1.165) is 0 Å². The highest BCUT2D eigenvalue weighted by Gasteiger charge is 2.37. The van der Waals surface area contributed by atoms with Crippen molar-refractivity contribution in [1.29, 1.82) is 0 Å². The average molecular weight is 189 g/mol. The Morgan fingerprint density at radius 1 is 1.29 bits per heavy atom. The minimum Gasteiger partial charge on any atom is -0.381 e. The SMILES string of the molecule is CCCC1Nc2ccccc2C1(C)C. The summed E-state index contributed by atoms with van der Waals surface area (Å²) in [5, 5.41) is 3.63. The molecule has 0 radical (unpaired) electrons. The first kappa shape index (κ1) is 9.57. The summed E-state index contributed by atoms with van der Waals surface area (Å²) in [7, 11) is 0. The van der Waals surface area contributed by atoms with Gasteiger partial charge in [-0.2, -0.15) is 0 Å². The van der Waals surface area contributed by atoms with E-state index in [9.17, 15) is 0 Å². The summed E-state index contributed by atoms with van der Waals surface area (Å²) in [5.41, 5.74) is 3.08. The summed E-state index contributed by atoms with van der Waals surface area (Å²) in [5.74, 6) is 0. The van der Waals surface area contributed by atoms with Gasteiger partial charge >= 0.3 is 0 Å². The molecule has 1 aliphatic rings. The molecular formula is C13H19N. The first-order chi connectivity index (χ1) is 6.66. The van der Waals surface area contributed by atoms with Crippen molar-refractivity contribution in [3.05, 3.63) is 29.8 Å². The van der Waals surface area contributed by atoms with Gasteiger partial charge in [-0.1, -0.05) is 45.4 Å². The molecule has 1 atom stereocenters. The van der Waals surface area contributed by atoms with Gasteiger partial charge in [0.05, 0.1) is 0 Å². The van der Waals surface area contributed by atoms with E-state index in [0.29, 0.717) is 6.04 Å². The maximum atomic E-state index is 3.63. The number of hydrogen-bond acceptors (Lipinski definition) is 1. The van der Waals surface area contributed by atoms with E-state index in [1.165, 1.54) is 24.1 Å². The first-order valence-corrected chi connectivity index (χ1v) is 5.52. The topological polar surface area (TPSA) is 12.0 Å². The molecule has 1 heteroatoms. The smallest absolute Gasteiger partial charge is 0.0381 e. The molecule has 1 N–H and O–H groups in total. The fourth-order valence-corrected chi connectivity index (χ4v) is 2.45. The Morgan fingerprint density at radius 3 is 2.64 bits per heavy atom. The lowest BCUT2D eigenvalue weighted by atomic mass is 9.79. The van der Waals surface area contributed by atoms with Crippen molar-refractivity contribution >= 4 is 5.69 Å².